The number of carbonyl (C=O) groups is 1. The number of nitrogens with one attached hydrogen (secondary N) is 2. The Bertz CT molecular complexity index is 1760. The monoisotopic (exact) mass is 564 g/mol. The van der Waals surface area contributed by atoms with Gasteiger partial charge in [0.25, 0.3) is 15.6 Å². The third-order valence-electron chi connectivity index (χ3n) is 5.76. The first kappa shape index (κ1) is 26.9. The predicted octanol–water partition coefficient (Wildman–Crippen LogP) is 1.98. The molecule has 0 unspecified atom stereocenters. The van der Waals surface area contributed by atoms with Crippen molar-refractivity contribution in [2.75, 3.05) is 17.1 Å². The summed E-state index contributed by atoms with van der Waals surface area (Å²) in [6.45, 7) is 4.22. The molecule has 1 aliphatic heterocycles. The molecule has 0 radical (unpaired) electrons. The van der Waals surface area contributed by atoms with Gasteiger partial charge in [-0.15, -0.1) is 4.40 Å². The summed E-state index contributed by atoms with van der Waals surface area (Å²) in [7, 11) is -8.22. The summed E-state index contributed by atoms with van der Waals surface area (Å²) in [5, 5.41) is 22.9. The Morgan fingerprint density at radius 3 is 2.63 bits per heavy atom. The molecule has 2 aromatic heterocycles. The molecular weight excluding hydrogens is 540 g/mol. The van der Waals surface area contributed by atoms with Crippen LogP contribution in [0.25, 0.3) is 11.0 Å². The lowest BCUT2D eigenvalue weighted by atomic mass is 10.1. The number of amidine groups is 1. The third kappa shape index (κ3) is 4.87. The molecule has 1 amide bonds. The molecule has 4 rings (SSSR count). The van der Waals surface area contributed by atoms with Crippen molar-refractivity contribution in [1.29, 1.82) is 0 Å². The van der Waals surface area contributed by atoms with E-state index >= 15 is 0 Å². The molecule has 1 aromatic carbocycles. The highest BCUT2D eigenvalue weighted by Gasteiger charge is 2.31. The first-order chi connectivity index (χ1) is 17.7. The number of hydrogen-bond donors (Lipinski definition) is 4. The summed E-state index contributed by atoms with van der Waals surface area (Å²) in [5.41, 5.74) is -1.10. The summed E-state index contributed by atoms with van der Waals surface area (Å²) in [5.74, 6) is -0.662. The van der Waals surface area contributed by atoms with E-state index in [2.05, 4.69) is 14.7 Å². The van der Waals surface area contributed by atoms with Gasteiger partial charge in [-0.25, -0.2) is 9.78 Å². The van der Waals surface area contributed by atoms with Crippen molar-refractivity contribution >= 4 is 54.6 Å². The zero-order valence-electron chi connectivity index (χ0n) is 20.4. The van der Waals surface area contributed by atoms with E-state index in [4.69, 9.17) is 5.11 Å². The van der Waals surface area contributed by atoms with Crippen molar-refractivity contribution in [3.05, 3.63) is 52.4 Å². The number of aromatic nitrogens is 2. The van der Waals surface area contributed by atoms with E-state index < -0.39 is 48.4 Å². The lowest BCUT2D eigenvalue weighted by Crippen LogP contribution is -2.36. The largest absolute Gasteiger partial charge is 0.506 e. The number of aryl methyl sites for hydroxylation is 1. The number of fused-ring (bicyclic) bond motifs is 2. The van der Waals surface area contributed by atoms with E-state index in [-0.39, 0.29) is 44.7 Å². The number of sulfonamides is 1. The van der Waals surface area contributed by atoms with Gasteiger partial charge in [0.1, 0.15) is 21.9 Å². The Morgan fingerprint density at radius 2 is 1.97 bits per heavy atom. The molecule has 0 bridgehead atoms. The Hall–Kier alpha value is -4.18. The molecule has 0 saturated carbocycles. The van der Waals surface area contributed by atoms with Gasteiger partial charge in [-0.3, -0.25) is 14.1 Å². The summed E-state index contributed by atoms with van der Waals surface area (Å²) in [4.78, 5) is 28.3. The van der Waals surface area contributed by atoms with Crippen molar-refractivity contribution in [2.45, 2.75) is 31.7 Å². The zero-order chi connectivity index (χ0) is 28.0. The average Bonchev–Trinajstić information content (AvgIpc) is 2.83. The van der Waals surface area contributed by atoms with Crippen LogP contribution in [-0.4, -0.2) is 59.9 Å². The maximum atomic E-state index is 13.5. The van der Waals surface area contributed by atoms with Crippen LogP contribution in [0.1, 0.15) is 25.8 Å². The number of aromatic hydroxyl groups is 1. The van der Waals surface area contributed by atoms with Crippen LogP contribution in [0.4, 0.5) is 16.2 Å². The van der Waals surface area contributed by atoms with E-state index in [1.807, 2.05) is 18.6 Å². The third-order valence-corrected chi connectivity index (χ3v) is 8.45. The van der Waals surface area contributed by atoms with E-state index in [0.29, 0.717) is 6.42 Å². The molecule has 14 nitrogen and oxygen atoms in total. The average molecular weight is 565 g/mol. The molecule has 0 spiro atoms. The Labute approximate surface area is 217 Å². The van der Waals surface area contributed by atoms with E-state index in [9.17, 15) is 31.5 Å². The van der Waals surface area contributed by atoms with Crippen LogP contribution in [0, 0.1) is 5.92 Å². The quantitative estimate of drug-likeness (QED) is 0.329. The fraction of sp³-hybridized carbons (Fsp3) is 0.273. The van der Waals surface area contributed by atoms with Crippen molar-refractivity contribution in [2.24, 2.45) is 10.3 Å². The van der Waals surface area contributed by atoms with Gasteiger partial charge < -0.3 is 15.5 Å². The molecule has 16 heteroatoms. The highest BCUT2D eigenvalue weighted by molar-refractivity contribution is 7.91. The topological polar surface area (TPSA) is 200 Å². The van der Waals surface area contributed by atoms with Gasteiger partial charge in [-0.05, 0) is 42.7 Å². The Morgan fingerprint density at radius 1 is 1.26 bits per heavy atom. The predicted molar refractivity (Wildman–Crippen MR) is 139 cm³/mol. The highest BCUT2D eigenvalue weighted by atomic mass is 32.2. The summed E-state index contributed by atoms with van der Waals surface area (Å²) in [6, 6.07) is 6.48. The Kier molecular flexibility index (Phi) is 6.79. The first-order valence-corrected chi connectivity index (χ1v) is 14.1. The van der Waals surface area contributed by atoms with Gasteiger partial charge in [0.15, 0.2) is 5.84 Å². The molecule has 0 atom stereocenters. The number of pyridine rings is 2. The van der Waals surface area contributed by atoms with Crippen molar-refractivity contribution in [1.82, 2.24) is 13.9 Å². The van der Waals surface area contributed by atoms with E-state index in [0.717, 1.165) is 13.1 Å². The van der Waals surface area contributed by atoms with Gasteiger partial charge >= 0.3 is 16.3 Å². The molecule has 0 fully saturated rings. The zero-order valence-corrected chi connectivity index (χ0v) is 22.0. The number of benzene rings is 1. The molecule has 1 aliphatic rings. The Balaban J connectivity index is 1.81. The number of amides is 1. The van der Waals surface area contributed by atoms with Crippen molar-refractivity contribution in [3.63, 3.8) is 0 Å². The fourth-order valence-electron chi connectivity index (χ4n) is 3.72. The SMILES string of the molecule is CC(C)CCn1c(=O)c(C2=NS(=O)(=O)c3cc(NS(=O)(=O)N(C)C(=O)O)ccc3N2)c(O)c2cccnc21. The molecule has 3 heterocycles. The summed E-state index contributed by atoms with van der Waals surface area (Å²) < 4.78 is 57.6. The summed E-state index contributed by atoms with van der Waals surface area (Å²) in [6.07, 6.45) is 0.347. The van der Waals surface area contributed by atoms with Gasteiger partial charge in [-0.2, -0.15) is 21.1 Å². The van der Waals surface area contributed by atoms with Crippen LogP contribution in [-0.2, 0) is 26.8 Å². The summed E-state index contributed by atoms with van der Waals surface area (Å²) >= 11 is 0. The maximum absolute atomic E-state index is 13.5. The van der Waals surface area contributed by atoms with Crippen LogP contribution < -0.4 is 15.6 Å². The van der Waals surface area contributed by atoms with Gasteiger partial charge in [0.05, 0.1) is 16.8 Å². The second kappa shape index (κ2) is 9.60. The van der Waals surface area contributed by atoms with Crippen LogP contribution >= 0.6 is 0 Å². The number of rotatable bonds is 7. The van der Waals surface area contributed by atoms with Gasteiger partial charge in [-0.1, -0.05) is 13.8 Å². The van der Waals surface area contributed by atoms with E-state index in [1.165, 1.54) is 22.9 Å². The van der Waals surface area contributed by atoms with Gasteiger partial charge in [0.2, 0.25) is 0 Å². The minimum atomic E-state index is -4.53. The standard InChI is InChI=1S/C22H24N6O8S2/c1-12(2)8-10-28-20-14(5-4-9-23-20)18(29)17(21(28)30)19-24-15-7-6-13(11-16(15)37(33,34)26-19)25-38(35,36)27(3)22(31)32/h4-7,9,11-12,25,29H,8,10H2,1-3H3,(H,24,26)(H,31,32). The minimum Gasteiger partial charge on any atom is -0.506 e. The second-order valence-electron chi connectivity index (χ2n) is 8.85. The lowest BCUT2D eigenvalue weighted by molar-refractivity contribution is 0.178. The number of nitrogens with zero attached hydrogens (tertiary/aromatic N) is 4. The van der Waals surface area contributed by atoms with Crippen molar-refractivity contribution < 1.29 is 31.8 Å². The molecule has 0 aliphatic carbocycles. The normalized spacial score (nSPS) is 14.5. The molecular formula is C22H24N6O8S2. The lowest BCUT2D eigenvalue weighted by Gasteiger charge is -2.21. The smallest absolute Gasteiger partial charge is 0.422 e. The van der Waals surface area contributed by atoms with Crippen LogP contribution in [0.5, 0.6) is 5.75 Å². The minimum absolute atomic E-state index is 0.0249. The number of anilines is 2. The number of hydrogen-bond acceptors (Lipinski definition) is 9. The van der Waals surface area contributed by atoms with Crippen LogP contribution in [0.3, 0.4) is 0 Å². The van der Waals surface area contributed by atoms with Crippen LogP contribution in [0.2, 0.25) is 0 Å². The highest BCUT2D eigenvalue weighted by Crippen LogP contribution is 2.34. The maximum Gasteiger partial charge on any atom is 0.422 e. The second-order valence-corrected chi connectivity index (χ2v) is 12.1. The first-order valence-electron chi connectivity index (χ1n) is 11.2. The van der Waals surface area contributed by atoms with Gasteiger partial charge in [0, 0.05) is 19.8 Å². The van der Waals surface area contributed by atoms with E-state index in [1.54, 1.807) is 12.1 Å². The molecule has 202 valence electrons. The van der Waals surface area contributed by atoms with Crippen LogP contribution in [0.15, 0.2) is 50.6 Å². The molecule has 0 saturated heterocycles. The molecule has 4 N–H and O–H groups in total. The molecule has 3 aromatic rings. The number of carboxylic acid groups (broad SMARTS) is 1. The van der Waals surface area contributed by atoms with Crippen molar-refractivity contribution in [3.8, 4) is 5.75 Å². The fourth-order valence-corrected chi connectivity index (χ4v) is 5.64. The molecule has 38 heavy (non-hydrogen) atoms.